The van der Waals surface area contributed by atoms with E-state index >= 15 is 0 Å². The zero-order valence-corrected chi connectivity index (χ0v) is 14.0. The number of hydrogen-bond acceptors (Lipinski definition) is 4. The topological polar surface area (TPSA) is 80.5 Å². The van der Waals surface area contributed by atoms with Crippen molar-refractivity contribution < 1.29 is 13.2 Å². The molecule has 2 rings (SSSR count). The van der Waals surface area contributed by atoms with Gasteiger partial charge in [-0.3, -0.25) is 4.79 Å². The summed E-state index contributed by atoms with van der Waals surface area (Å²) in [7, 11) is -3.71. The zero-order chi connectivity index (χ0) is 16.2. The Morgan fingerprint density at radius 1 is 1.18 bits per heavy atom. The average Bonchev–Trinajstić information content (AvgIpc) is 2.91. The standard InChI is InChI=1S/C14H15ClN2O3S2/c15-12-6-7-14(21-12)22(19,20)17(9-8-13(16)18)10-11-4-2-1-3-5-11/h1-7H,8-10H2,(H2,16,18). The minimum atomic E-state index is -3.71. The number of halogens is 1. The number of thiophene rings is 1. The van der Waals surface area contributed by atoms with Crippen molar-refractivity contribution in [3.8, 4) is 0 Å². The van der Waals surface area contributed by atoms with Gasteiger partial charge in [0, 0.05) is 19.5 Å². The van der Waals surface area contributed by atoms with Crippen LogP contribution in [0.5, 0.6) is 0 Å². The van der Waals surface area contributed by atoms with Crippen molar-refractivity contribution in [3.05, 3.63) is 52.4 Å². The molecule has 0 aliphatic heterocycles. The number of nitrogens with zero attached hydrogens (tertiary/aromatic N) is 1. The summed E-state index contributed by atoms with van der Waals surface area (Å²) < 4.78 is 27.2. The van der Waals surface area contributed by atoms with Gasteiger partial charge in [0.2, 0.25) is 5.91 Å². The summed E-state index contributed by atoms with van der Waals surface area (Å²) in [5.74, 6) is -0.544. The number of nitrogens with two attached hydrogens (primary N) is 1. The summed E-state index contributed by atoms with van der Waals surface area (Å²) in [6.45, 7) is 0.202. The van der Waals surface area contributed by atoms with Crippen LogP contribution < -0.4 is 5.73 Å². The molecule has 1 aromatic heterocycles. The van der Waals surface area contributed by atoms with Gasteiger partial charge in [-0.1, -0.05) is 41.9 Å². The molecule has 0 atom stereocenters. The molecule has 0 aliphatic rings. The maximum absolute atomic E-state index is 12.7. The largest absolute Gasteiger partial charge is 0.370 e. The van der Waals surface area contributed by atoms with Crippen molar-refractivity contribution in [2.24, 2.45) is 5.73 Å². The Balaban J connectivity index is 2.28. The van der Waals surface area contributed by atoms with Crippen LogP contribution >= 0.6 is 22.9 Å². The van der Waals surface area contributed by atoms with Crippen molar-refractivity contribution in [1.29, 1.82) is 0 Å². The molecule has 0 fully saturated rings. The smallest absolute Gasteiger partial charge is 0.252 e. The number of primary amides is 1. The van der Waals surface area contributed by atoms with Gasteiger partial charge in [-0.15, -0.1) is 11.3 Å². The van der Waals surface area contributed by atoms with Crippen molar-refractivity contribution in [3.63, 3.8) is 0 Å². The molecule has 1 aromatic carbocycles. The van der Waals surface area contributed by atoms with Crippen LogP contribution in [-0.4, -0.2) is 25.2 Å². The van der Waals surface area contributed by atoms with Gasteiger partial charge in [0.1, 0.15) is 4.21 Å². The molecule has 8 heteroatoms. The van der Waals surface area contributed by atoms with E-state index < -0.39 is 15.9 Å². The third-order valence-corrected chi connectivity index (χ3v) is 6.50. The number of hydrogen-bond donors (Lipinski definition) is 1. The van der Waals surface area contributed by atoms with Gasteiger partial charge in [-0.2, -0.15) is 4.31 Å². The lowest BCUT2D eigenvalue weighted by Crippen LogP contribution is -2.33. The maximum atomic E-state index is 12.7. The van der Waals surface area contributed by atoms with Crippen LogP contribution in [0.4, 0.5) is 0 Å². The molecule has 0 radical (unpaired) electrons. The monoisotopic (exact) mass is 358 g/mol. The molecular weight excluding hydrogens is 344 g/mol. The van der Waals surface area contributed by atoms with Crippen molar-refractivity contribution in [2.75, 3.05) is 6.54 Å². The quantitative estimate of drug-likeness (QED) is 0.825. The number of carbonyl (C=O) groups is 1. The number of carbonyl (C=O) groups excluding carboxylic acids is 1. The van der Waals surface area contributed by atoms with Crippen molar-refractivity contribution in [1.82, 2.24) is 4.31 Å². The van der Waals surface area contributed by atoms with Gasteiger partial charge in [0.25, 0.3) is 10.0 Å². The van der Waals surface area contributed by atoms with Gasteiger partial charge in [0.15, 0.2) is 0 Å². The van der Waals surface area contributed by atoms with Crippen LogP contribution in [0.1, 0.15) is 12.0 Å². The molecule has 0 bridgehead atoms. The summed E-state index contributed by atoms with van der Waals surface area (Å²) in [6, 6.07) is 12.2. The Labute approximate surface area is 138 Å². The lowest BCUT2D eigenvalue weighted by atomic mass is 10.2. The van der Waals surface area contributed by atoms with E-state index in [9.17, 15) is 13.2 Å². The second-order valence-electron chi connectivity index (χ2n) is 4.60. The normalized spacial score (nSPS) is 11.7. The van der Waals surface area contributed by atoms with Gasteiger partial charge < -0.3 is 5.73 Å². The first-order valence-electron chi connectivity index (χ1n) is 6.47. The van der Waals surface area contributed by atoms with Crippen LogP contribution in [0.2, 0.25) is 4.34 Å². The average molecular weight is 359 g/mol. The first-order chi connectivity index (χ1) is 10.4. The fourth-order valence-corrected chi connectivity index (χ4v) is 4.94. The molecule has 0 unspecified atom stereocenters. The molecule has 118 valence electrons. The van der Waals surface area contributed by atoms with Crippen LogP contribution in [0.25, 0.3) is 0 Å². The molecule has 0 aliphatic carbocycles. The van der Waals surface area contributed by atoms with Crippen molar-refractivity contribution >= 4 is 38.9 Å². The number of amides is 1. The van der Waals surface area contributed by atoms with Crippen molar-refractivity contribution in [2.45, 2.75) is 17.2 Å². The summed E-state index contributed by atoms with van der Waals surface area (Å²) in [5, 5.41) is 0. The molecule has 22 heavy (non-hydrogen) atoms. The van der Waals surface area contributed by atoms with E-state index in [2.05, 4.69) is 0 Å². The van der Waals surface area contributed by atoms with E-state index in [0.29, 0.717) is 4.34 Å². The molecule has 0 saturated heterocycles. The second-order valence-corrected chi connectivity index (χ2v) is 8.48. The highest BCUT2D eigenvalue weighted by Gasteiger charge is 2.26. The predicted molar refractivity (Wildman–Crippen MR) is 87.2 cm³/mol. The minimum Gasteiger partial charge on any atom is -0.370 e. The highest BCUT2D eigenvalue weighted by molar-refractivity contribution is 7.91. The maximum Gasteiger partial charge on any atom is 0.252 e. The van der Waals surface area contributed by atoms with Gasteiger partial charge in [0.05, 0.1) is 4.34 Å². The fraction of sp³-hybridized carbons (Fsp3) is 0.214. The zero-order valence-electron chi connectivity index (χ0n) is 11.6. The van der Waals surface area contributed by atoms with Gasteiger partial charge in [-0.05, 0) is 17.7 Å². The van der Waals surface area contributed by atoms with Crippen LogP contribution in [-0.2, 0) is 21.4 Å². The van der Waals surface area contributed by atoms with E-state index in [1.165, 1.54) is 16.4 Å². The summed E-state index contributed by atoms with van der Waals surface area (Å²) >= 11 is 6.81. The molecular formula is C14H15ClN2O3S2. The first-order valence-corrected chi connectivity index (χ1v) is 9.11. The summed E-state index contributed by atoms with van der Waals surface area (Å²) in [4.78, 5) is 11.0. The highest BCUT2D eigenvalue weighted by atomic mass is 35.5. The second kappa shape index (κ2) is 7.23. The SMILES string of the molecule is NC(=O)CCN(Cc1ccccc1)S(=O)(=O)c1ccc(Cl)s1. The van der Waals surface area contributed by atoms with Crippen LogP contribution in [0.3, 0.4) is 0 Å². The fourth-order valence-electron chi connectivity index (χ4n) is 1.87. The Hall–Kier alpha value is -1.41. The Morgan fingerprint density at radius 3 is 2.41 bits per heavy atom. The van der Waals surface area contributed by atoms with E-state index in [0.717, 1.165) is 16.9 Å². The minimum absolute atomic E-state index is 0.0298. The highest BCUT2D eigenvalue weighted by Crippen LogP contribution is 2.29. The van der Waals surface area contributed by atoms with Crippen LogP contribution in [0.15, 0.2) is 46.7 Å². The molecule has 1 heterocycles. The third kappa shape index (κ3) is 4.30. The molecule has 2 N–H and O–H groups in total. The summed E-state index contributed by atoms with van der Waals surface area (Å²) in [6.07, 6.45) is -0.0365. The van der Waals surface area contributed by atoms with Gasteiger partial charge >= 0.3 is 0 Å². The van der Waals surface area contributed by atoms with E-state index in [1.54, 1.807) is 0 Å². The molecule has 0 spiro atoms. The number of rotatable bonds is 7. The van der Waals surface area contributed by atoms with Gasteiger partial charge in [-0.25, -0.2) is 8.42 Å². The number of sulfonamides is 1. The molecule has 2 aromatic rings. The first kappa shape index (κ1) is 17.0. The predicted octanol–water partition coefficient (Wildman–Crippen LogP) is 2.47. The lowest BCUT2D eigenvalue weighted by Gasteiger charge is -2.21. The van der Waals surface area contributed by atoms with E-state index in [-0.39, 0.29) is 23.7 Å². The van der Waals surface area contributed by atoms with E-state index in [4.69, 9.17) is 17.3 Å². The lowest BCUT2D eigenvalue weighted by molar-refractivity contribution is -0.118. The number of benzene rings is 1. The Morgan fingerprint density at radius 2 is 1.86 bits per heavy atom. The van der Waals surface area contributed by atoms with E-state index in [1.807, 2.05) is 30.3 Å². The summed E-state index contributed by atoms with van der Waals surface area (Å²) in [5.41, 5.74) is 5.97. The molecule has 1 amide bonds. The Kier molecular flexibility index (Phi) is 5.57. The molecule has 0 saturated carbocycles. The Bertz CT molecular complexity index is 744. The molecule has 5 nitrogen and oxygen atoms in total. The third-order valence-electron chi connectivity index (χ3n) is 2.95. The van der Waals surface area contributed by atoms with Crippen LogP contribution in [0, 0.1) is 0 Å².